The van der Waals surface area contributed by atoms with Gasteiger partial charge in [-0.2, -0.15) is 0 Å². The van der Waals surface area contributed by atoms with E-state index in [1.807, 2.05) is 24.3 Å². The molecule has 0 saturated heterocycles. The molecule has 0 radical (unpaired) electrons. The van der Waals surface area contributed by atoms with E-state index >= 15 is 0 Å². The van der Waals surface area contributed by atoms with E-state index in [1.54, 1.807) is 63.7 Å². The summed E-state index contributed by atoms with van der Waals surface area (Å²) in [6.07, 6.45) is 0. The van der Waals surface area contributed by atoms with E-state index in [0.29, 0.717) is 34.6 Å². The third-order valence-electron chi connectivity index (χ3n) is 5.76. The van der Waals surface area contributed by atoms with Crippen LogP contribution in [0.4, 0.5) is 0 Å². The van der Waals surface area contributed by atoms with Crippen LogP contribution in [-0.2, 0) is 20.1 Å². The lowest BCUT2D eigenvalue weighted by atomic mass is 10.1. The van der Waals surface area contributed by atoms with Crippen LogP contribution in [0.25, 0.3) is 11.0 Å². The first kappa shape index (κ1) is 22.8. The second kappa shape index (κ2) is 9.66. The van der Waals surface area contributed by atoms with Crippen LogP contribution >= 0.6 is 0 Å². The van der Waals surface area contributed by atoms with Crippen LogP contribution in [0.1, 0.15) is 21.5 Å². The van der Waals surface area contributed by atoms with E-state index in [-0.39, 0.29) is 12.5 Å². The van der Waals surface area contributed by atoms with Gasteiger partial charge in [0.1, 0.15) is 11.5 Å². The fraction of sp³-hybridized carbons (Fsp3) is 0.192. The highest BCUT2D eigenvalue weighted by Crippen LogP contribution is 2.24. The smallest absolute Gasteiger partial charge is 0.317 e. The monoisotopic (exact) mass is 459 g/mol. The van der Waals surface area contributed by atoms with E-state index in [1.165, 1.54) is 9.13 Å². The number of hydrogen-bond donors (Lipinski definition) is 1. The van der Waals surface area contributed by atoms with E-state index in [9.17, 15) is 14.4 Å². The van der Waals surface area contributed by atoms with Crippen LogP contribution in [-0.4, -0.2) is 29.3 Å². The number of para-hydroxylation sites is 2. The normalized spacial score (nSPS) is 10.8. The van der Waals surface area contributed by atoms with Gasteiger partial charge in [0.15, 0.2) is 0 Å². The van der Waals surface area contributed by atoms with Gasteiger partial charge in [-0.05, 0) is 42.0 Å². The van der Waals surface area contributed by atoms with Gasteiger partial charge >= 0.3 is 11.1 Å². The van der Waals surface area contributed by atoms with Gasteiger partial charge in [0.2, 0.25) is 0 Å². The molecule has 0 aliphatic carbocycles. The Morgan fingerprint density at radius 3 is 2.26 bits per heavy atom. The highest BCUT2D eigenvalue weighted by molar-refractivity contribution is 5.94. The van der Waals surface area contributed by atoms with Gasteiger partial charge in [0.25, 0.3) is 5.91 Å². The van der Waals surface area contributed by atoms with Gasteiger partial charge in [-0.1, -0.05) is 24.3 Å². The number of methoxy groups -OCH3 is 2. The Hall–Kier alpha value is -4.33. The number of hydrogen-bond acceptors (Lipinski definition) is 5. The lowest BCUT2D eigenvalue weighted by Gasteiger charge is -2.13. The van der Waals surface area contributed by atoms with Crippen molar-refractivity contribution >= 4 is 16.9 Å². The average molecular weight is 460 g/mol. The largest absolute Gasteiger partial charge is 0.497 e. The van der Waals surface area contributed by atoms with Crippen molar-refractivity contribution in [2.75, 3.05) is 14.2 Å². The van der Waals surface area contributed by atoms with Crippen LogP contribution < -0.4 is 25.9 Å². The molecule has 0 atom stereocenters. The van der Waals surface area contributed by atoms with Crippen molar-refractivity contribution in [1.82, 2.24) is 14.5 Å². The number of nitrogens with one attached hydrogen (secondary N) is 1. The summed E-state index contributed by atoms with van der Waals surface area (Å²) in [5, 5.41) is 2.88. The zero-order chi connectivity index (χ0) is 24.2. The number of rotatable bonds is 7. The topological polar surface area (TPSA) is 91.6 Å². The molecule has 4 aromatic rings. The van der Waals surface area contributed by atoms with Crippen LogP contribution in [0.15, 0.2) is 76.3 Å². The number of carbonyl (C=O) groups is 1. The number of nitrogens with zero attached hydrogens (tertiary/aromatic N) is 2. The fourth-order valence-electron chi connectivity index (χ4n) is 3.83. The molecular weight excluding hydrogens is 434 g/mol. The molecule has 0 fully saturated rings. The summed E-state index contributed by atoms with van der Waals surface area (Å²) < 4.78 is 13.4. The Morgan fingerprint density at radius 2 is 1.59 bits per heavy atom. The molecular formula is C26H25N3O5. The molecule has 0 spiro atoms. The zero-order valence-corrected chi connectivity index (χ0v) is 19.2. The second-order valence-corrected chi connectivity index (χ2v) is 7.80. The lowest BCUT2D eigenvalue weighted by molar-refractivity contribution is 0.0950. The molecule has 0 aliphatic rings. The van der Waals surface area contributed by atoms with Crippen molar-refractivity contribution in [2.45, 2.75) is 13.1 Å². The summed E-state index contributed by atoms with van der Waals surface area (Å²) in [6.45, 7) is 0.517. The van der Waals surface area contributed by atoms with Gasteiger partial charge in [-0.25, -0.2) is 0 Å². The molecule has 8 heteroatoms. The number of aryl methyl sites for hydroxylation is 1. The Morgan fingerprint density at radius 1 is 0.882 bits per heavy atom. The minimum Gasteiger partial charge on any atom is -0.497 e. The molecule has 174 valence electrons. The summed E-state index contributed by atoms with van der Waals surface area (Å²) in [5.41, 5.74) is 2.29. The molecule has 1 N–H and O–H groups in total. The molecule has 0 aliphatic heterocycles. The molecule has 8 nitrogen and oxygen atoms in total. The summed E-state index contributed by atoms with van der Waals surface area (Å²) in [6, 6.07) is 19.6. The van der Waals surface area contributed by atoms with Gasteiger partial charge < -0.3 is 19.4 Å². The quantitative estimate of drug-likeness (QED) is 0.429. The van der Waals surface area contributed by atoms with Crippen molar-refractivity contribution in [3.05, 3.63) is 104 Å². The standard InChI is InChI=1S/C26H25N3O5/c1-28-21-6-4-5-7-22(21)29(26(32)25(28)31)16-17-8-10-18(11-9-17)24(30)27-15-19-12-13-20(33-2)14-23(19)34-3/h4-14H,15-16H2,1-3H3,(H,27,30). The van der Waals surface area contributed by atoms with E-state index in [2.05, 4.69) is 5.32 Å². The summed E-state index contributed by atoms with van der Waals surface area (Å²) >= 11 is 0. The first-order valence-corrected chi connectivity index (χ1v) is 10.7. The van der Waals surface area contributed by atoms with Crippen LogP contribution in [0.2, 0.25) is 0 Å². The number of carbonyl (C=O) groups excluding carboxylic acids is 1. The Balaban J connectivity index is 1.51. The lowest BCUT2D eigenvalue weighted by Crippen LogP contribution is -2.40. The first-order chi connectivity index (χ1) is 16.4. The van der Waals surface area contributed by atoms with Gasteiger partial charge in [-0.15, -0.1) is 0 Å². The predicted molar refractivity (Wildman–Crippen MR) is 130 cm³/mol. The van der Waals surface area contributed by atoms with E-state index in [0.717, 1.165) is 11.1 Å². The number of aromatic nitrogens is 2. The van der Waals surface area contributed by atoms with Crippen molar-refractivity contribution in [3.8, 4) is 11.5 Å². The molecule has 1 aromatic heterocycles. The third kappa shape index (κ3) is 4.43. The molecule has 0 unspecified atom stereocenters. The van der Waals surface area contributed by atoms with Crippen LogP contribution in [0.3, 0.4) is 0 Å². The molecule has 1 heterocycles. The van der Waals surface area contributed by atoms with E-state index < -0.39 is 11.1 Å². The van der Waals surface area contributed by atoms with Crippen LogP contribution in [0, 0.1) is 0 Å². The highest BCUT2D eigenvalue weighted by Gasteiger charge is 2.12. The van der Waals surface area contributed by atoms with Gasteiger partial charge in [0, 0.05) is 30.8 Å². The SMILES string of the molecule is COc1ccc(CNC(=O)c2ccc(Cn3c(=O)c(=O)n(C)c4ccccc43)cc2)c(OC)c1. The highest BCUT2D eigenvalue weighted by atomic mass is 16.5. The molecule has 0 saturated carbocycles. The Kier molecular flexibility index (Phi) is 6.49. The van der Waals surface area contributed by atoms with Gasteiger partial charge in [-0.3, -0.25) is 19.0 Å². The summed E-state index contributed by atoms with van der Waals surface area (Å²) in [7, 11) is 4.73. The van der Waals surface area contributed by atoms with Crippen LogP contribution in [0.5, 0.6) is 11.5 Å². The van der Waals surface area contributed by atoms with Crippen molar-refractivity contribution < 1.29 is 14.3 Å². The molecule has 0 bridgehead atoms. The van der Waals surface area contributed by atoms with Crippen molar-refractivity contribution in [1.29, 1.82) is 0 Å². The molecule has 34 heavy (non-hydrogen) atoms. The van der Waals surface area contributed by atoms with E-state index in [4.69, 9.17) is 9.47 Å². The molecule has 3 aromatic carbocycles. The number of benzene rings is 3. The van der Waals surface area contributed by atoms with Crippen molar-refractivity contribution in [2.24, 2.45) is 7.05 Å². The number of ether oxygens (including phenoxy) is 2. The molecule has 4 rings (SSSR count). The summed E-state index contributed by atoms with van der Waals surface area (Å²) in [5.74, 6) is 1.06. The zero-order valence-electron chi connectivity index (χ0n) is 19.2. The maximum absolute atomic E-state index is 12.6. The number of fused-ring (bicyclic) bond motifs is 1. The third-order valence-corrected chi connectivity index (χ3v) is 5.76. The maximum atomic E-state index is 12.6. The van der Waals surface area contributed by atoms with Crippen molar-refractivity contribution in [3.63, 3.8) is 0 Å². The Labute approximate surface area is 196 Å². The minimum atomic E-state index is -0.587. The average Bonchev–Trinajstić information content (AvgIpc) is 2.88. The Bertz CT molecular complexity index is 1470. The molecule has 1 amide bonds. The fourth-order valence-corrected chi connectivity index (χ4v) is 3.83. The minimum absolute atomic E-state index is 0.223. The first-order valence-electron chi connectivity index (χ1n) is 10.7. The second-order valence-electron chi connectivity index (χ2n) is 7.80. The maximum Gasteiger partial charge on any atom is 0.317 e. The summed E-state index contributed by atoms with van der Waals surface area (Å²) in [4.78, 5) is 37.7. The predicted octanol–water partition coefficient (Wildman–Crippen LogP) is 2.70. The number of amides is 1. The van der Waals surface area contributed by atoms with Gasteiger partial charge in [0.05, 0.1) is 31.8 Å².